The Morgan fingerprint density at radius 1 is 0.969 bits per heavy atom. The summed E-state index contributed by atoms with van der Waals surface area (Å²) in [4.78, 5) is 12.8. The van der Waals surface area contributed by atoms with Crippen LogP contribution in [0.1, 0.15) is 17.5 Å². The van der Waals surface area contributed by atoms with Gasteiger partial charge in [0.15, 0.2) is 0 Å². The molecule has 5 heteroatoms. The van der Waals surface area contributed by atoms with Crippen molar-refractivity contribution < 1.29 is 0 Å². The summed E-state index contributed by atoms with van der Waals surface area (Å²) in [6.45, 7) is 5.41. The Hall–Kier alpha value is -3.62. The molecule has 2 aromatic carbocycles. The first kappa shape index (κ1) is 20.3. The van der Waals surface area contributed by atoms with Crippen LogP contribution in [0, 0.1) is 11.3 Å². The number of hydrogen-bond donors (Lipinski definition) is 1. The van der Waals surface area contributed by atoms with E-state index in [1.54, 1.807) is 0 Å². The number of H-pyrrole nitrogens is 1. The van der Waals surface area contributed by atoms with Gasteiger partial charge in [0, 0.05) is 60.7 Å². The van der Waals surface area contributed by atoms with Crippen molar-refractivity contribution >= 4 is 16.6 Å². The van der Waals surface area contributed by atoms with Crippen LogP contribution >= 0.6 is 0 Å². The van der Waals surface area contributed by atoms with Gasteiger partial charge in [-0.3, -0.25) is 9.88 Å². The second-order valence-electron chi connectivity index (χ2n) is 8.38. The van der Waals surface area contributed by atoms with Gasteiger partial charge in [-0.25, -0.2) is 0 Å². The summed E-state index contributed by atoms with van der Waals surface area (Å²) in [6.07, 6.45) is 6.09. The van der Waals surface area contributed by atoms with Crippen molar-refractivity contribution in [3.63, 3.8) is 0 Å². The highest BCUT2D eigenvalue weighted by atomic mass is 15.3. The molecule has 2 aromatic heterocycles. The number of benzene rings is 2. The van der Waals surface area contributed by atoms with Crippen molar-refractivity contribution in [2.75, 3.05) is 37.6 Å². The number of nitrogens with one attached hydrogen (secondary N) is 1. The normalized spacial score (nSPS) is 14.5. The lowest BCUT2D eigenvalue weighted by Gasteiger charge is -2.36. The van der Waals surface area contributed by atoms with Crippen LogP contribution in [0.2, 0.25) is 0 Å². The standard InChI is InChI=1S/C27H27N5/c28-19-21-6-11-27-25(18-21)23(20-30-27)4-3-13-31-14-16-32(17-15-31)24-9-7-22(8-10-24)26-5-1-2-12-29-26/h1-2,5-12,18,20,30H,3-4,13-17H2. The van der Waals surface area contributed by atoms with Crippen molar-refractivity contribution in [2.45, 2.75) is 12.8 Å². The third-order valence-electron chi connectivity index (χ3n) is 6.38. The minimum atomic E-state index is 0.725. The lowest BCUT2D eigenvalue weighted by atomic mass is 10.1. The van der Waals surface area contributed by atoms with Gasteiger partial charge in [0.2, 0.25) is 0 Å². The number of anilines is 1. The summed E-state index contributed by atoms with van der Waals surface area (Å²) in [5, 5.41) is 10.4. The first-order chi connectivity index (χ1) is 15.8. The molecule has 0 saturated carbocycles. The smallest absolute Gasteiger partial charge is 0.0991 e. The molecule has 5 rings (SSSR count). The van der Waals surface area contributed by atoms with Crippen molar-refractivity contribution in [3.8, 4) is 17.3 Å². The van der Waals surface area contributed by atoms with Gasteiger partial charge in [0.25, 0.3) is 0 Å². The average molecular weight is 422 g/mol. The van der Waals surface area contributed by atoms with Gasteiger partial charge in [-0.15, -0.1) is 0 Å². The van der Waals surface area contributed by atoms with Crippen molar-refractivity contribution in [2.24, 2.45) is 0 Å². The fourth-order valence-electron chi connectivity index (χ4n) is 4.55. The highest BCUT2D eigenvalue weighted by Crippen LogP contribution is 2.23. The average Bonchev–Trinajstić information content (AvgIpc) is 3.27. The minimum Gasteiger partial charge on any atom is -0.369 e. The third-order valence-corrected chi connectivity index (χ3v) is 6.38. The number of aromatic nitrogens is 2. The SMILES string of the molecule is N#Cc1ccc2[nH]cc(CCCN3CCN(c4ccc(-c5ccccn5)cc4)CC3)c2c1. The molecule has 1 aliphatic rings. The maximum Gasteiger partial charge on any atom is 0.0991 e. The third kappa shape index (κ3) is 4.37. The molecule has 5 nitrogen and oxygen atoms in total. The van der Waals surface area contributed by atoms with E-state index in [0.717, 1.165) is 67.9 Å². The molecule has 0 amide bonds. The van der Waals surface area contributed by atoms with Gasteiger partial charge in [-0.05, 0) is 67.4 Å². The van der Waals surface area contributed by atoms with Gasteiger partial charge in [-0.2, -0.15) is 5.26 Å². The second-order valence-corrected chi connectivity index (χ2v) is 8.38. The number of hydrogen-bond acceptors (Lipinski definition) is 4. The number of rotatable bonds is 6. The predicted octanol–water partition coefficient (Wildman–Crippen LogP) is 4.86. The van der Waals surface area contributed by atoms with Crippen LogP contribution in [0.4, 0.5) is 5.69 Å². The second kappa shape index (κ2) is 9.25. The fraction of sp³-hybridized carbons (Fsp3) is 0.259. The van der Waals surface area contributed by atoms with E-state index in [1.165, 1.54) is 16.6 Å². The van der Waals surface area contributed by atoms with Crippen LogP contribution < -0.4 is 4.90 Å². The van der Waals surface area contributed by atoms with Crippen LogP contribution in [0.5, 0.6) is 0 Å². The summed E-state index contributed by atoms with van der Waals surface area (Å²) in [7, 11) is 0. The number of pyridine rings is 1. The predicted molar refractivity (Wildman–Crippen MR) is 130 cm³/mol. The highest BCUT2D eigenvalue weighted by molar-refractivity contribution is 5.84. The Bertz CT molecular complexity index is 1210. The lowest BCUT2D eigenvalue weighted by Crippen LogP contribution is -2.46. The van der Waals surface area contributed by atoms with Crippen LogP contribution in [0.25, 0.3) is 22.2 Å². The van der Waals surface area contributed by atoms with Gasteiger partial charge in [0.1, 0.15) is 0 Å². The number of nitrogens with zero attached hydrogens (tertiary/aromatic N) is 4. The molecule has 0 unspecified atom stereocenters. The Morgan fingerprint density at radius 3 is 2.56 bits per heavy atom. The van der Waals surface area contributed by atoms with E-state index in [1.807, 2.05) is 42.6 Å². The molecule has 0 bridgehead atoms. The first-order valence-corrected chi connectivity index (χ1v) is 11.3. The molecule has 0 aliphatic carbocycles. The van der Waals surface area contributed by atoms with E-state index in [4.69, 9.17) is 5.26 Å². The van der Waals surface area contributed by atoms with Crippen molar-refractivity contribution in [1.82, 2.24) is 14.9 Å². The minimum absolute atomic E-state index is 0.725. The zero-order chi connectivity index (χ0) is 21.8. The van der Waals surface area contributed by atoms with E-state index in [2.05, 4.69) is 56.3 Å². The first-order valence-electron chi connectivity index (χ1n) is 11.3. The number of nitriles is 1. The fourth-order valence-corrected chi connectivity index (χ4v) is 4.55. The summed E-state index contributed by atoms with van der Waals surface area (Å²) in [5.41, 5.74) is 6.61. The highest BCUT2D eigenvalue weighted by Gasteiger charge is 2.17. The monoisotopic (exact) mass is 421 g/mol. The van der Waals surface area contributed by atoms with E-state index in [0.29, 0.717) is 0 Å². The number of fused-ring (bicyclic) bond motifs is 1. The molecular formula is C27H27N5. The summed E-state index contributed by atoms with van der Waals surface area (Å²) in [5.74, 6) is 0. The van der Waals surface area contributed by atoms with Crippen molar-refractivity contribution in [1.29, 1.82) is 5.26 Å². The summed E-state index contributed by atoms with van der Waals surface area (Å²) >= 11 is 0. The quantitative estimate of drug-likeness (QED) is 0.483. The molecule has 160 valence electrons. The van der Waals surface area contributed by atoms with Gasteiger partial charge in [0.05, 0.1) is 17.3 Å². The summed E-state index contributed by atoms with van der Waals surface area (Å²) in [6, 6.07) is 22.9. The molecule has 0 radical (unpaired) electrons. The maximum atomic E-state index is 9.17. The van der Waals surface area contributed by atoms with Gasteiger partial charge in [-0.1, -0.05) is 18.2 Å². The number of aromatic amines is 1. The Morgan fingerprint density at radius 2 is 1.81 bits per heavy atom. The van der Waals surface area contributed by atoms with Crippen LogP contribution in [-0.2, 0) is 6.42 Å². The van der Waals surface area contributed by atoms with E-state index < -0.39 is 0 Å². The van der Waals surface area contributed by atoms with Crippen molar-refractivity contribution in [3.05, 3.63) is 84.2 Å². The van der Waals surface area contributed by atoms with E-state index >= 15 is 0 Å². The molecule has 1 saturated heterocycles. The van der Waals surface area contributed by atoms with Gasteiger partial charge < -0.3 is 9.88 Å². The topological polar surface area (TPSA) is 59.0 Å². The Kier molecular flexibility index (Phi) is 5.87. The molecule has 4 aromatic rings. The van der Waals surface area contributed by atoms with Crippen LogP contribution in [0.15, 0.2) is 73.1 Å². The molecule has 0 atom stereocenters. The Labute approximate surface area is 188 Å². The van der Waals surface area contributed by atoms with E-state index in [9.17, 15) is 0 Å². The largest absolute Gasteiger partial charge is 0.369 e. The Balaban J connectivity index is 1.12. The molecule has 32 heavy (non-hydrogen) atoms. The molecule has 0 spiro atoms. The molecular weight excluding hydrogens is 394 g/mol. The molecule has 3 heterocycles. The van der Waals surface area contributed by atoms with Crippen LogP contribution in [0.3, 0.4) is 0 Å². The summed E-state index contributed by atoms with van der Waals surface area (Å²) < 4.78 is 0. The zero-order valence-corrected chi connectivity index (χ0v) is 18.2. The number of aryl methyl sites for hydroxylation is 1. The lowest BCUT2D eigenvalue weighted by molar-refractivity contribution is 0.255. The maximum absolute atomic E-state index is 9.17. The van der Waals surface area contributed by atoms with E-state index in [-0.39, 0.29) is 0 Å². The van der Waals surface area contributed by atoms with Gasteiger partial charge >= 0.3 is 0 Å². The molecule has 1 fully saturated rings. The zero-order valence-electron chi connectivity index (χ0n) is 18.2. The molecule has 1 aliphatic heterocycles. The number of piperazine rings is 1. The van der Waals surface area contributed by atoms with Crippen LogP contribution in [-0.4, -0.2) is 47.6 Å². The molecule has 1 N–H and O–H groups in total.